The molecular formula is C23H17ClN2O2. The summed E-state index contributed by atoms with van der Waals surface area (Å²) in [6.07, 6.45) is 0.895. The van der Waals surface area contributed by atoms with Gasteiger partial charge in [0.25, 0.3) is 5.56 Å². The quantitative estimate of drug-likeness (QED) is 0.645. The lowest BCUT2D eigenvalue weighted by atomic mass is 9.81. The van der Waals surface area contributed by atoms with Crippen molar-refractivity contribution >= 4 is 17.4 Å². The van der Waals surface area contributed by atoms with Crippen molar-refractivity contribution < 1.29 is 4.79 Å². The molecule has 5 heteroatoms. The first-order valence-corrected chi connectivity index (χ1v) is 9.41. The summed E-state index contributed by atoms with van der Waals surface area (Å²) in [5.41, 5.74) is 3.14. The summed E-state index contributed by atoms with van der Waals surface area (Å²) in [6, 6.07) is 18.5. The van der Waals surface area contributed by atoms with Crippen molar-refractivity contribution in [2.45, 2.75) is 25.7 Å². The summed E-state index contributed by atoms with van der Waals surface area (Å²) in [7, 11) is 0. The fraction of sp³-hybridized carbons (Fsp3) is 0.174. The highest BCUT2D eigenvalue weighted by Crippen LogP contribution is 2.34. The van der Waals surface area contributed by atoms with E-state index in [1.807, 2.05) is 49.4 Å². The monoisotopic (exact) mass is 388 g/mol. The molecule has 1 aromatic heterocycles. The number of aromatic nitrogens is 1. The Morgan fingerprint density at radius 3 is 2.54 bits per heavy atom. The van der Waals surface area contributed by atoms with Crippen molar-refractivity contribution in [2.75, 3.05) is 0 Å². The number of ketones is 1. The Labute approximate surface area is 167 Å². The Bertz CT molecular complexity index is 1190. The van der Waals surface area contributed by atoms with E-state index < -0.39 is 5.56 Å². The summed E-state index contributed by atoms with van der Waals surface area (Å²) < 4.78 is 1.50. The van der Waals surface area contributed by atoms with Gasteiger partial charge in [-0.25, -0.2) is 0 Å². The fourth-order valence-electron chi connectivity index (χ4n) is 3.85. The smallest absolute Gasteiger partial charge is 0.273 e. The molecule has 0 radical (unpaired) electrons. The van der Waals surface area contributed by atoms with Crippen LogP contribution in [0, 0.1) is 18.3 Å². The molecule has 28 heavy (non-hydrogen) atoms. The first-order chi connectivity index (χ1) is 13.5. The molecule has 2 aromatic carbocycles. The number of nitrogens with zero attached hydrogens (tertiary/aromatic N) is 2. The number of carbonyl (C=O) groups is 1. The lowest BCUT2D eigenvalue weighted by Gasteiger charge is -2.27. The maximum Gasteiger partial charge on any atom is 0.273 e. The SMILES string of the molecule is Cc1ccc(Cl)cc1-n1c2c(cc(C#N)c1=O)C(=O)CC(c1ccccc1)C2. The van der Waals surface area contributed by atoms with Gasteiger partial charge in [-0.15, -0.1) is 0 Å². The number of pyridine rings is 1. The molecular weight excluding hydrogens is 372 g/mol. The van der Waals surface area contributed by atoms with Crippen molar-refractivity contribution in [3.8, 4) is 11.8 Å². The standard InChI is InChI=1S/C23H17ClN2O2/c1-14-7-8-18(24)12-20(14)26-21-10-16(15-5-3-2-4-6-15)11-22(27)19(21)9-17(13-25)23(26)28/h2-9,12,16H,10-11H2,1H3. The van der Waals surface area contributed by atoms with Crippen molar-refractivity contribution in [3.63, 3.8) is 0 Å². The maximum absolute atomic E-state index is 13.1. The molecule has 1 atom stereocenters. The summed E-state index contributed by atoms with van der Waals surface area (Å²) in [4.78, 5) is 26.0. The van der Waals surface area contributed by atoms with Gasteiger partial charge in [-0.3, -0.25) is 14.2 Å². The second kappa shape index (κ2) is 7.10. The molecule has 0 N–H and O–H groups in total. The lowest BCUT2D eigenvalue weighted by molar-refractivity contribution is 0.0962. The minimum absolute atomic E-state index is 0.0146. The highest BCUT2D eigenvalue weighted by atomic mass is 35.5. The van der Waals surface area contributed by atoms with E-state index in [0.29, 0.717) is 34.8 Å². The molecule has 1 aliphatic carbocycles. The first-order valence-electron chi connectivity index (χ1n) is 9.03. The number of hydrogen-bond acceptors (Lipinski definition) is 3. The van der Waals surface area contributed by atoms with Crippen LogP contribution in [0.5, 0.6) is 0 Å². The number of hydrogen-bond donors (Lipinski definition) is 0. The topological polar surface area (TPSA) is 62.9 Å². The minimum Gasteiger partial charge on any atom is -0.294 e. The molecule has 1 heterocycles. The molecule has 138 valence electrons. The molecule has 0 aliphatic heterocycles. The number of carbonyl (C=O) groups excluding carboxylic acids is 1. The van der Waals surface area contributed by atoms with Gasteiger partial charge in [0.1, 0.15) is 11.6 Å². The van der Waals surface area contributed by atoms with Crippen LogP contribution in [0.25, 0.3) is 5.69 Å². The van der Waals surface area contributed by atoms with E-state index in [9.17, 15) is 14.9 Å². The molecule has 0 saturated carbocycles. The average Bonchev–Trinajstić information content (AvgIpc) is 2.70. The Morgan fingerprint density at radius 2 is 1.82 bits per heavy atom. The highest BCUT2D eigenvalue weighted by Gasteiger charge is 2.30. The largest absolute Gasteiger partial charge is 0.294 e. The predicted molar refractivity (Wildman–Crippen MR) is 108 cm³/mol. The number of benzene rings is 2. The lowest BCUT2D eigenvalue weighted by Crippen LogP contribution is -2.32. The highest BCUT2D eigenvalue weighted by molar-refractivity contribution is 6.30. The van der Waals surface area contributed by atoms with Gasteiger partial charge in [0.05, 0.1) is 5.69 Å². The fourth-order valence-corrected chi connectivity index (χ4v) is 4.02. The third kappa shape index (κ3) is 3.04. The number of Topliss-reactive ketones (excluding diaryl/α,β-unsaturated/α-hetero) is 1. The number of fused-ring (bicyclic) bond motifs is 1. The summed E-state index contributed by atoms with van der Waals surface area (Å²) >= 11 is 6.18. The van der Waals surface area contributed by atoms with E-state index in [1.54, 1.807) is 12.1 Å². The van der Waals surface area contributed by atoms with Crippen LogP contribution in [0.2, 0.25) is 5.02 Å². The third-order valence-corrected chi connectivity index (χ3v) is 5.51. The van der Waals surface area contributed by atoms with Gasteiger partial charge in [0.2, 0.25) is 0 Å². The predicted octanol–water partition coefficient (Wildman–Crippen LogP) is 4.58. The maximum atomic E-state index is 13.1. The summed E-state index contributed by atoms with van der Waals surface area (Å²) in [5, 5.41) is 9.92. The van der Waals surface area contributed by atoms with Crippen LogP contribution in [0.4, 0.5) is 0 Å². The van der Waals surface area contributed by atoms with Crippen molar-refractivity contribution in [2.24, 2.45) is 0 Å². The zero-order chi connectivity index (χ0) is 19.8. The minimum atomic E-state index is -0.423. The van der Waals surface area contributed by atoms with Gasteiger partial charge in [-0.05, 0) is 48.6 Å². The van der Waals surface area contributed by atoms with Gasteiger partial charge >= 0.3 is 0 Å². The molecule has 0 spiro atoms. The second-order valence-corrected chi connectivity index (χ2v) is 7.48. The van der Waals surface area contributed by atoms with E-state index in [1.165, 1.54) is 10.6 Å². The molecule has 1 aliphatic rings. The Morgan fingerprint density at radius 1 is 1.07 bits per heavy atom. The molecule has 0 bridgehead atoms. The van der Waals surface area contributed by atoms with Crippen LogP contribution in [-0.2, 0) is 6.42 Å². The number of halogens is 1. The Balaban J connectivity index is 1.99. The van der Waals surface area contributed by atoms with Crippen LogP contribution in [0.15, 0.2) is 59.4 Å². The Hall–Kier alpha value is -3.16. The molecule has 0 saturated heterocycles. The second-order valence-electron chi connectivity index (χ2n) is 7.04. The van der Waals surface area contributed by atoms with E-state index in [2.05, 4.69) is 0 Å². The van der Waals surface area contributed by atoms with Crippen molar-refractivity contribution in [1.29, 1.82) is 5.26 Å². The summed E-state index contributed by atoms with van der Waals surface area (Å²) in [6.45, 7) is 1.88. The van der Waals surface area contributed by atoms with Gasteiger partial charge in [-0.1, -0.05) is 48.0 Å². The van der Waals surface area contributed by atoms with Gasteiger partial charge in [0, 0.05) is 22.7 Å². The molecule has 0 amide bonds. The molecule has 0 fully saturated rings. The number of aryl methyl sites for hydroxylation is 1. The van der Waals surface area contributed by atoms with Gasteiger partial charge < -0.3 is 0 Å². The molecule has 4 nitrogen and oxygen atoms in total. The van der Waals surface area contributed by atoms with Crippen molar-refractivity contribution in [1.82, 2.24) is 4.57 Å². The zero-order valence-corrected chi connectivity index (χ0v) is 16.0. The molecule has 3 aromatic rings. The van der Waals surface area contributed by atoms with Gasteiger partial charge in [0.15, 0.2) is 5.78 Å². The summed E-state index contributed by atoms with van der Waals surface area (Å²) in [5.74, 6) is -0.0701. The van der Waals surface area contributed by atoms with Crippen LogP contribution >= 0.6 is 11.6 Å². The van der Waals surface area contributed by atoms with Crippen molar-refractivity contribution in [3.05, 3.63) is 97.9 Å². The zero-order valence-electron chi connectivity index (χ0n) is 15.3. The van der Waals surface area contributed by atoms with Crippen LogP contribution < -0.4 is 5.56 Å². The number of nitriles is 1. The first kappa shape index (κ1) is 18.2. The molecule has 1 unspecified atom stereocenters. The van der Waals surface area contributed by atoms with Gasteiger partial charge in [-0.2, -0.15) is 5.26 Å². The number of rotatable bonds is 2. The van der Waals surface area contributed by atoms with Crippen LogP contribution in [-0.4, -0.2) is 10.4 Å². The normalized spacial score (nSPS) is 15.8. The van der Waals surface area contributed by atoms with E-state index in [0.717, 1.165) is 11.1 Å². The van der Waals surface area contributed by atoms with E-state index >= 15 is 0 Å². The van der Waals surface area contributed by atoms with E-state index in [-0.39, 0.29) is 17.3 Å². The average molecular weight is 389 g/mol. The van der Waals surface area contributed by atoms with E-state index in [4.69, 9.17) is 11.6 Å². The Kier molecular flexibility index (Phi) is 4.62. The molecule has 4 rings (SSSR count). The van der Waals surface area contributed by atoms with Crippen LogP contribution in [0.3, 0.4) is 0 Å². The van der Waals surface area contributed by atoms with Crippen LogP contribution in [0.1, 0.15) is 45.1 Å². The third-order valence-electron chi connectivity index (χ3n) is 5.28.